The highest BCUT2D eigenvalue weighted by Gasteiger charge is 2.37. The molecule has 6 heterocycles. The Bertz CT molecular complexity index is 2880. The van der Waals surface area contributed by atoms with Crippen LogP contribution in [-0.4, -0.2) is 86.5 Å². The Kier molecular flexibility index (Phi) is 13.3. The molecule has 17 heteroatoms. The second-order valence-electron chi connectivity index (χ2n) is 19.1. The quantitative estimate of drug-likeness (QED) is 0.132. The molecular formula is C52H55ClF2N10O4. The van der Waals surface area contributed by atoms with Crippen LogP contribution in [0.3, 0.4) is 0 Å². The number of nitriles is 1. The number of benzene rings is 3. The molecule has 6 aromatic rings. The summed E-state index contributed by atoms with van der Waals surface area (Å²) in [5, 5.41) is 25.6. The van der Waals surface area contributed by atoms with Crippen LogP contribution in [0.15, 0.2) is 71.3 Å². The van der Waals surface area contributed by atoms with Gasteiger partial charge < -0.3 is 33.8 Å². The maximum Gasteiger partial charge on any atom is 0.272 e. The number of aromatic nitrogens is 5. The van der Waals surface area contributed by atoms with Gasteiger partial charge in [-0.1, -0.05) is 22.8 Å². The van der Waals surface area contributed by atoms with E-state index >= 15 is 0 Å². The third kappa shape index (κ3) is 9.76. The fraction of sp³-hybridized carbons (Fsp3) is 0.442. The van der Waals surface area contributed by atoms with Crippen LogP contribution in [-0.2, 0) is 4.79 Å². The zero-order valence-electron chi connectivity index (χ0n) is 38.8. The minimum absolute atomic E-state index is 0.0110. The van der Waals surface area contributed by atoms with Crippen molar-refractivity contribution in [3.63, 3.8) is 0 Å². The van der Waals surface area contributed by atoms with Crippen LogP contribution >= 0.6 is 11.6 Å². The molecule has 10 rings (SSSR count). The van der Waals surface area contributed by atoms with Gasteiger partial charge in [0.1, 0.15) is 23.4 Å². The van der Waals surface area contributed by atoms with Crippen molar-refractivity contribution in [2.24, 2.45) is 5.92 Å². The molecule has 1 atom stereocenters. The van der Waals surface area contributed by atoms with Crippen molar-refractivity contribution in [2.75, 3.05) is 42.5 Å². The normalized spacial score (nSPS) is 20.9. The van der Waals surface area contributed by atoms with Gasteiger partial charge in [0.15, 0.2) is 23.1 Å². The van der Waals surface area contributed by atoms with E-state index in [2.05, 4.69) is 59.3 Å². The average molecular weight is 958 g/mol. The molecule has 3 saturated heterocycles. The molecule has 358 valence electrons. The van der Waals surface area contributed by atoms with E-state index in [4.69, 9.17) is 31.1 Å². The fourth-order valence-corrected chi connectivity index (χ4v) is 11.2. The fourth-order valence-electron chi connectivity index (χ4n) is 11.0. The summed E-state index contributed by atoms with van der Waals surface area (Å²) in [6.45, 7) is 8.36. The van der Waals surface area contributed by atoms with Gasteiger partial charge >= 0.3 is 0 Å². The number of carbonyl (C=O) groups is 2. The molecule has 0 spiro atoms. The summed E-state index contributed by atoms with van der Waals surface area (Å²) in [6, 6.07) is 20.4. The highest BCUT2D eigenvalue weighted by molar-refractivity contribution is 6.31. The number of imidazole rings is 1. The molecule has 0 bridgehead atoms. The van der Waals surface area contributed by atoms with Gasteiger partial charge in [-0.2, -0.15) is 5.26 Å². The molecule has 3 aliphatic heterocycles. The largest absolute Gasteiger partial charge is 0.490 e. The maximum absolute atomic E-state index is 14.7. The number of nitrogens with zero attached hydrogens (tertiary/aromatic N) is 9. The summed E-state index contributed by atoms with van der Waals surface area (Å²) in [5.41, 5.74) is 5.50. The number of nitrogens with one attached hydrogen (secondary N) is 1. The van der Waals surface area contributed by atoms with Crippen molar-refractivity contribution >= 4 is 46.0 Å². The van der Waals surface area contributed by atoms with E-state index in [-0.39, 0.29) is 30.0 Å². The summed E-state index contributed by atoms with van der Waals surface area (Å²) in [4.78, 5) is 38.6. The average Bonchev–Trinajstić information content (AvgIpc) is 3.91. The lowest BCUT2D eigenvalue weighted by atomic mass is 9.92. The Morgan fingerprint density at radius 3 is 2.39 bits per heavy atom. The van der Waals surface area contributed by atoms with Crippen LogP contribution in [0.25, 0.3) is 22.2 Å². The molecule has 3 aromatic carbocycles. The number of fused-ring (bicyclic) bond motifs is 1. The van der Waals surface area contributed by atoms with Crippen molar-refractivity contribution in [3.8, 4) is 22.9 Å². The SMILES string of the molecule is Cc1noc(C)c1-c1ccc2c(c1)nc(C1CCCC(=O)N1c1ccc(F)c(F)c1)n2C1CCN(CC2CCN(c3ccc(C(=O)NC4CCC(Oc5ccc(C#N)c(Cl)c5)CC4)nn3)CC2)CC1. The lowest BCUT2D eigenvalue weighted by molar-refractivity contribution is -0.120. The zero-order chi connectivity index (χ0) is 47.8. The third-order valence-electron chi connectivity index (χ3n) is 14.6. The van der Waals surface area contributed by atoms with E-state index in [1.54, 1.807) is 29.2 Å². The van der Waals surface area contributed by atoms with E-state index in [0.717, 1.165) is 141 Å². The van der Waals surface area contributed by atoms with Crippen LogP contribution in [0.4, 0.5) is 20.3 Å². The second-order valence-corrected chi connectivity index (χ2v) is 19.5. The summed E-state index contributed by atoms with van der Waals surface area (Å²) in [7, 11) is 0. The molecule has 4 fully saturated rings. The molecule has 1 N–H and O–H groups in total. The Morgan fingerprint density at radius 1 is 0.899 bits per heavy atom. The van der Waals surface area contributed by atoms with Gasteiger partial charge in [0.25, 0.3) is 5.91 Å². The predicted octanol–water partition coefficient (Wildman–Crippen LogP) is 9.83. The number of halogens is 3. The number of ether oxygens (including phenoxy) is 1. The summed E-state index contributed by atoms with van der Waals surface area (Å²) < 4.78 is 42.7. The molecular weight excluding hydrogens is 902 g/mol. The number of hydrogen-bond acceptors (Lipinski definition) is 11. The topological polar surface area (TPSA) is 159 Å². The number of likely N-dealkylation sites (tertiary alicyclic amines) is 1. The Labute approximate surface area is 404 Å². The maximum atomic E-state index is 14.7. The number of amides is 2. The van der Waals surface area contributed by atoms with Crippen LogP contribution in [0.1, 0.15) is 116 Å². The number of anilines is 2. The minimum Gasteiger partial charge on any atom is -0.490 e. The van der Waals surface area contributed by atoms with Crippen molar-refractivity contribution in [3.05, 3.63) is 112 Å². The molecule has 69 heavy (non-hydrogen) atoms. The van der Waals surface area contributed by atoms with Gasteiger partial charge in [-0.05, 0) is 138 Å². The Balaban J connectivity index is 0.748. The first-order chi connectivity index (χ1) is 33.5. The molecule has 2 amide bonds. The lowest BCUT2D eigenvalue weighted by Gasteiger charge is -2.40. The summed E-state index contributed by atoms with van der Waals surface area (Å²) >= 11 is 6.18. The van der Waals surface area contributed by atoms with E-state index in [0.29, 0.717) is 52.9 Å². The Hall–Kier alpha value is -6.44. The number of piperidine rings is 3. The van der Waals surface area contributed by atoms with Gasteiger partial charge in [-0.15, -0.1) is 10.2 Å². The van der Waals surface area contributed by atoms with Crippen molar-refractivity contribution in [1.29, 1.82) is 5.26 Å². The molecule has 1 saturated carbocycles. The van der Waals surface area contributed by atoms with Crippen LogP contribution < -0.4 is 19.9 Å². The second kappa shape index (κ2) is 19.9. The monoisotopic (exact) mass is 956 g/mol. The van der Waals surface area contributed by atoms with Gasteiger partial charge in [0, 0.05) is 74.6 Å². The van der Waals surface area contributed by atoms with E-state index in [9.17, 15) is 18.4 Å². The molecule has 14 nitrogen and oxygen atoms in total. The van der Waals surface area contributed by atoms with Gasteiger partial charge in [-0.3, -0.25) is 9.59 Å². The van der Waals surface area contributed by atoms with Gasteiger partial charge in [0.2, 0.25) is 5.91 Å². The zero-order valence-corrected chi connectivity index (χ0v) is 39.6. The lowest BCUT2D eigenvalue weighted by Crippen LogP contribution is -2.43. The highest BCUT2D eigenvalue weighted by atomic mass is 35.5. The number of aryl methyl sites for hydroxylation is 2. The van der Waals surface area contributed by atoms with E-state index in [1.807, 2.05) is 19.9 Å². The molecule has 3 aromatic heterocycles. The molecule has 4 aliphatic rings. The van der Waals surface area contributed by atoms with Gasteiger partial charge in [-0.25, -0.2) is 13.8 Å². The molecule has 0 radical (unpaired) electrons. The highest BCUT2D eigenvalue weighted by Crippen LogP contribution is 2.41. The first-order valence-corrected chi connectivity index (χ1v) is 24.6. The minimum atomic E-state index is -0.989. The molecule has 1 unspecified atom stereocenters. The number of hydrogen-bond donors (Lipinski definition) is 1. The van der Waals surface area contributed by atoms with Crippen molar-refractivity contribution in [1.82, 2.24) is 35.1 Å². The van der Waals surface area contributed by atoms with E-state index in [1.165, 1.54) is 6.07 Å². The molecule has 1 aliphatic carbocycles. The standard InChI is InChI=1S/C52H55ClF2N10O4/c1-31-50(32(2)69-61-31)34-7-16-46-45(26-34)58-51(47-4-3-5-49(66)64(47)38-10-14-42(54)43(55)27-38)65(46)37-20-22-62(23-21-37)30-33-18-24-63(25-19-33)48-17-15-44(59-60-48)52(67)57-36-8-12-39(13-9-36)68-40-11-6-35(29-56)41(53)28-40/h6-7,10-11,14-17,26-28,33,36-37,39,47H,3-5,8-9,12-13,18-25,30H2,1-2H3,(H,57,67). The Morgan fingerprint density at radius 2 is 1.70 bits per heavy atom. The van der Waals surface area contributed by atoms with Crippen LogP contribution in [0.2, 0.25) is 5.02 Å². The third-order valence-corrected chi connectivity index (χ3v) is 14.9. The number of rotatable bonds is 11. The number of carbonyl (C=O) groups excluding carboxylic acids is 2. The predicted molar refractivity (Wildman–Crippen MR) is 257 cm³/mol. The summed E-state index contributed by atoms with van der Waals surface area (Å²) in [5.74, 6) is 1.13. The van der Waals surface area contributed by atoms with Crippen LogP contribution in [0.5, 0.6) is 5.75 Å². The summed E-state index contributed by atoms with van der Waals surface area (Å²) in [6.07, 6.45) is 8.62. The van der Waals surface area contributed by atoms with E-state index < -0.39 is 17.7 Å². The van der Waals surface area contributed by atoms with Crippen molar-refractivity contribution < 1.29 is 27.6 Å². The smallest absolute Gasteiger partial charge is 0.272 e. The van der Waals surface area contributed by atoms with Gasteiger partial charge in [0.05, 0.1) is 39.5 Å². The van der Waals surface area contributed by atoms with Crippen molar-refractivity contribution in [2.45, 2.75) is 109 Å². The van der Waals surface area contributed by atoms with Crippen LogP contribution in [0, 0.1) is 42.7 Å². The first kappa shape index (κ1) is 46.3. The first-order valence-electron chi connectivity index (χ1n) is 24.2.